The Morgan fingerprint density at radius 1 is 1.11 bits per heavy atom. The topological polar surface area (TPSA) is 69.7 Å². The summed E-state index contributed by atoms with van der Waals surface area (Å²) in [6.45, 7) is 1.69. The van der Waals surface area contributed by atoms with Gasteiger partial charge in [-0.3, -0.25) is 24.6 Å². The first-order valence-corrected chi connectivity index (χ1v) is 9.77. The van der Waals surface area contributed by atoms with Crippen molar-refractivity contribution in [3.05, 3.63) is 35.9 Å². The van der Waals surface area contributed by atoms with Crippen LogP contribution in [0.4, 0.5) is 11.4 Å². The number of nitrogens with zero attached hydrogens (tertiary/aromatic N) is 2. The highest BCUT2D eigenvalue weighted by Gasteiger charge is 2.41. The minimum Gasteiger partial charge on any atom is -0.372 e. The van der Waals surface area contributed by atoms with E-state index in [1.54, 1.807) is 4.90 Å². The van der Waals surface area contributed by atoms with Crippen LogP contribution in [0.3, 0.4) is 0 Å². The highest BCUT2D eigenvalue weighted by Crippen LogP contribution is 2.42. The molecule has 0 aliphatic carbocycles. The van der Waals surface area contributed by atoms with Crippen molar-refractivity contribution in [2.45, 2.75) is 37.5 Å². The lowest BCUT2D eigenvalue weighted by Gasteiger charge is -2.33. The Balaban J connectivity index is 1.58. The zero-order valence-corrected chi connectivity index (χ0v) is 15.5. The van der Waals surface area contributed by atoms with Gasteiger partial charge in [0.25, 0.3) is 5.91 Å². The van der Waals surface area contributed by atoms with Gasteiger partial charge in [0, 0.05) is 30.6 Å². The molecule has 140 valence electrons. The fourth-order valence-electron chi connectivity index (χ4n) is 4.67. The molecule has 2 fully saturated rings. The Morgan fingerprint density at radius 3 is 2.75 bits per heavy atom. The van der Waals surface area contributed by atoms with E-state index in [9.17, 15) is 14.4 Å². The average molecular weight is 373 g/mol. The standard InChI is InChI=1S/C21H20BN3O3/c22-13-4-2-8-24(11-13)14-9-12-3-1-5-16-19(12)15(10-14)21(28)25(16)17-6-7-18(26)23-20(17)27/h1,3,5,9-10,13,17H,2,4,6-8,11H2,(H,23,26,27). The lowest BCUT2D eigenvalue weighted by atomic mass is 9.80. The SMILES string of the molecule is [B]C1CCCN(c2cc3c4c(cccc4c2)N(C2CCC(=O)NC2=O)C3=O)C1. The van der Waals surface area contributed by atoms with Crippen LogP contribution in [-0.2, 0) is 9.59 Å². The Hall–Kier alpha value is -2.83. The van der Waals surface area contributed by atoms with Crippen molar-refractivity contribution < 1.29 is 14.4 Å². The molecule has 3 aliphatic rings. The van der Waals surface area contributed by atoms with Gasteiger partial charge in [-0.25, -0.2) is 0 Å². The summed E-state index contributed by atoms with van der Waals surface area (Å²) in [6.07, 6.45) is 2.63. The van der Waals surface area contributed by atoms with E-state index in [0.717, 1.165) is 48.1 Å². The monoisotopic (exact) mass is 373 g/mol. The van der Waals surface area contributed by atoms with Crippen molar-refractivity contribution in [3.63, 3.8) is 0 Å². The van der Waals surface area contributed by atoms with Crippen LogP contribution in [0, 0.1) is 0 Å². The van der Waals surface area contributed by atoms with Crippen molar-refractivity contribution in [1.29, 1.82) is 0 Å². The van der Waals surface area contributed by atoms with Crippen LogP contribution >= 0.6 is 0 Å². The van der Waals surface area contributed by atoms with Crippen LogP contribution in [0.25, 0.3) is 10.8 Å². The van der Waals surface area contributed by atoms with Crippen LogP contribution in [0.1, 0.15) is 36.0 Å². The number of imide groups is 1. The quantitative estimate of drug-likeness (QED) is 0.647. The lowest BCUT2D eigenvalue weighted by Crippen LogP contribution is -2.53. The number of nitrogens with one attached hydrogen (secondary N) is 1. The third-order valence-electron chi connectivity index (χ3n) is 5.99. The van der Waals surface area contributed by atoms with Gasteiger partial charge < -0.3 is 4.90 Å². The van der Waals surface area contributed by atoms with Crippen LogP contribution in [0.5, 0.6) is 0 Å². The van der Waals surface area contributed by atoms with E-state index >= 15 is 0 Å². The van der Waals surface area contributed by atoms with Crippen molar-refractivity contribution in [2.24, 2.45) is 0 Å². The first-order valence-electron chi connectivity index (χ1n) is 9.77. The lowest BCUT2D eigenvalue weighted by molar-refractivity contribution is -0.134. The molecular weight excluding hydrogens is 353 g/mol. The smallest absolute Gasteiger partial charge is 0.259 e. The summed E-state index contributed by atoms with van der Waals surface area (Å²) < 4.78 is 0. The fourth-order valence-corrected chi connectivity index (χ4v) is 4.67. The molecule has 2 aromatic carbocycles. The maximum atomic E-state index is 13.3. The van der Waals surface area contributed by atoms with Gasteiger partial charge in [-0.15, -0.1) is 0 Å². The minimum absolute atomic E-state index is 0.139. The first-order chi connectivity index (χ1) is 13.5. The maximum absolute atomic E-state index is 13.3. The highest BCUT2D eigenvalue weighted by molar-refractivity contribution is 6.27. The summed E-state index contributed by atoms with van der Waals surface area (Å²) in [5.74, 6) is -0.729. The van der Waals surface area contributed by atoms with Crippen LogP contribution in [0.2, 0.25) is 5.82 Å². The number of benzene rings is 2. The largest absolute Gasteiger partial charge is 0.372 e. The third kappa shape index (κ3) is 2.60. The van der Waals surface area contributed by atoms with Gasteiger partial charge in [-0.1, -0.05) is 24.4 Å². The predicted molar refractivity (Wildman–Crippen MR) is 108 cm³/mol. The molecule has 2 aromatic rings. The molecule has 2 radical (unpaired) electrons. The zero-order valence-electron chi connectivity index (χ0n) is 15.5. The molecule has 0 saturated carbocycles. The van der Waals surface area contributed by atoms with Crippen molar-refractivity contribution >= 4 is 47.7 Å². The number of anilines is 2. The van der Waals surface area contributed by atoms with Gasteiger partial charge in [0.2, 0.25) is 11.8 Å². The minimum atomic E-state index is -0.657. The predicted octanol–water partition coefficient (Wildman–Crippen LogP) is 2.16. The summed E-state index contributed by atoms with van der Waals surface area (Å²) in [5.41, 5.74) is 2.36. The Labute approximate surface area is 164 Å². The van der Waals surface area contributed by atoms with E-state index in [4.69, 9.17) is 7.85 Å². The normalized spacial score (nSPS) is 24.8. The molecule has 1 N–H and O–H groups in total. The highest BCUT2D eigenvalue weighted by atomic mass is 16.2. The van der Waals surface area contributed by atoms with Crippen LogP contribution < -0.4 is 15.1 Å². The molecule has 7 heteroatoms. The van der Waals surface area contributed by atoms with Gasteiger partial charge >= 0.3 is 0 Å². The zero-order chi connectivity index (χ0) is 19.4. The van der Waals surface area contributed by atoms with Crippen molar-refractivity contribution in [1.82, 2.24) is 5.32 Å². The number of hydrogen-bond donors (Lipinski definition) is 1. The van der Waals surface area contributed by atoms with Gasteiger partial charge in [0.1, 0.15) is 6.04 Å². The number of rotatable bonds is 2. The maximum Gasteiger partial charge on any atom is 0.259 e. The number of piperidine rings is 2. The van der Waals surface area contributed by atoms with E-state index in [1.807, 2.05) is 24.3 Å². The summed E-state index contributed by atoms with van der Waals surface area (Å²) in [6, 6.07) is 9.15. The molecule has 2 unspecified atom stereocenters. The molecule has 3 heterocycles. The molecule has 5 rings (SSSR count). The molecule has 0 bridgehead atoms. The Morgan fingerprint density at radius 2 is 1.96 bits per heavy atom. The van der Waals surface area contributed by atoms with Crippen LogP contribution in [-0.4, -0.2) is 44.7 Å². The van der Waals surface area contributed by atoms with E-state index < -0.39 is 11.9 Å². The van der Waals surface area contributed by atoms with E-state index in [-0.39, 0.29) is 24.1 Å². The summed E-state index contributed by atoms with van der Waals surface area (Å²) >= 11 is 0. The Kier molecular flexibility index (Phi) is 3.93. The second kappa shape index (κ2) is 6.36. The molecule has 2 saturated heterocycles. The molecule has 28 heavy (non-hydrogen) atoms. The van der Waals surface area contributed by atoms with Crippen molar-refractivity contribution in [3.8, 4) is 0 Å². The second-order valence-electron chi connectivity index (χ2n) is 7.86. The van der Waals surface area contributed by atoms with Gasteiger partial charge in [0.15, 0.2) is 0 Å². The molecular formula is C21H20BN3O3. The number of hydrogen-bond acceptors (Lipinski definition) is 4. The van der Waals surface area contributed by atoms with E-state index in [2.05, 4.69) is 16.3 Å². The second-order valence-corrected chi connectivity index (χ2v) is 7.86. The summed E-state index contributed by atoms with van der Waals surface area (Å²) in [5, 5.41) is 4.22. The molecule has 0 spiro atoms. The summed E-state index contributed by atoms with van der Waals surface area (Å²) in [7, 11) is 6.14. The third-order valence-corrected chi connectivity index (χ3v) is 5.99. The van der Waals surface area contributed by atoms with Crippen molar-refractivity contribution in [2.75, 3.05) is 22.9 Å². The number of carbonyl (C=O) groups is 3. The Bertz CT molecular complexity index is 1020. The molecule has 0 aromatic heterocycles. The molecule has 3 aliphatic heterocycles. The number of carbonyl (C=O) groups excluding carboxylic acids is 3. The summed E-state index contributed by atoms with van der Waals surface area (Å²) in [4.78, 5) is 41.0. The van der Waals surface area contributed by atoms with Gasteiger partial charge in [0.05, 0.1) is 19.1 Å². The van der Waals surface area contributed by atoms with E-state index in [0.29, 0.717) is 12.0 Å². The van der Waals surface area contributed by atoms with Gasteiger partial charge in [-0.2, -0.15) is 0 Å². The average Bonchev–Trinajstić information content (AvgIpc) is 2.96. The van der Waals surface area contributed by atoms with E-state index in [1.165, 1.54) is 0 Å². The van der Waals surface area contributed by atoms with Gasteiger partial charge in [-0.05, 0) is 36.4 Å². The molecule has 2 atom stereocenters. The number of amides is 3. The fraction of sp³-hybridized carbons (Fsp3) is 0.381. The first kappa shape index (κ1) is 17.3. The molecule has 3 amide bonds. The molecule has 6 nitrogen and oxygen atoms in total. The van der Waals surface area contributed by atoms with Crippen LogP contribution in [0.15, 0.2) is 30.3 Å².